The molecule has 0 radical (unpaired) electrons. The first-order valence-corrected chi connectivity index (χ1v) is 11.4. The fourth-order valence-electron chi connectivity index (χ4n) is 4.56. The van der Waals surface area contributed by atoms with E-state index in [1.165, 1.54) is 30.1 Å². The van der Waals surface area contributed by atoms with Crippen molar-refractivity contribution in [3.05, 3.63) is 84.2 Å². The smallest absolute Gasteiger partial charge is 0.410 e. The van der Waals surface area contributed by atoms with Gasteiger partial charge in [-0.1, -0.05) is 30.0 Å². The summed E-state index contributed by atoms with van der Waals surface area (Å²) in [6, 6.07) is 17.2. The predicted molar refractivity (Wildman–Crippen MR) is 124 cm³/mol. The first-order valence-electron chi connectivity index (χ1n) is 10.4. The highest BCUT2D eigenvalue weighted by Crippen LogP contribution is 2.47. The number of rotatable bonds is 3. The fraction of sp³-hybridized carbons (Fsp3) is 0.208. The third-order valence-corrected chi connectivity index (χ3v) is 7.14. The number of anilines is 1. The molecule has 1 saturated heterocycles. The largest absolute Gasteiger partial charge is 0.465 e. The van der Waals surface area contributed by atoms with Gasteiger partial charge in [0.25, 0.3) is 0 Å². The van der Waals surface area contributed by atoms with Crippen LogP contribution < -0.4 is 10.2 Å². The van der Waals surface area contributed by atoms with Crippen LogP contribution in [0.1, 0.15) is 5.56 Å². The number of aromatic nitrogens is 1. The molecule has 9 heteroatoms. The average molecular weight is 467 g/mol. The molecule has 2 N–H and O–H groups in total. The number of benzene rings is 2. The minimum absolute atomic E-state index is 0.0703. The Bertz CT molecular complexity index is 1240. The molecular formula is C24H20F2N4O2S. The number of hydrogen-bond acceptors (Lipinski definition) is 5. The quantitative estimate of drug-likeness (QED) is 0.546. The molecule has 2 aromatic carbocycles. The average Bonchev–Trinajstić information content (AvgIpc) is 3.20. The number of halogens is 2. The van der Waals surface area contributed by atoms with Gasteiger partial charge in [0, 0.05) is 42.2 Å². The summed E-state index contributed by atoms with van der Waals surface area (Å²) in [7, 11) is 0. The Balaban J connectivity index is 1.60. The zero-order valence-corrected chi connectivity index (χ0v) is 18.2. The van der Waals surface area contributed by atoms with E-state index < -0.39 is 17.6 Å². The summed E-state index contributed by atoms with van der Waals surface area (Å²) in [4.78, 5) is 22.1. The van der Waals surface area contributed by atoms with Gasteiger partial charge in [0.05, 0.1) is 0 Å². The van der Waals surface area contributed by atoms with Gasteiger partial charge >= 0.3 is 6.09 Å². The molecule has 6 nitrogen and oxygen atoms in total. The van der Waals surface area contributed by atoms with Crippen LogP contribution in [-0.2, 0) is 5.54 Å². The first kappa shape index (κ1) is 21.4. The number of fused-ring (bicyclic) bond motifs is 1. The number of amides is 1. The second-order valence-electron chi connectivity index (χ2n) is 8.06. The molecule has 5 rings (SSSR count). The normalized spacial score (nSPS) is 21.9. The number of nitrogens with one attached hydrogen (secondary N) is 1. The van der Waals surface area contributed by atoms with Crippen molar-refractivity contribution in [3.8, 4) is 11.1 Å². The molecule has 3 heterocycles. The Morgan fingerprint density at radius 3 is 2.73 bits per heavy atom. The molecule has 0 saturated carbocycles. The van der Waals surface area contributed by atoms with Crippen LogP contribution >= 0.6 is 11.8 Å². The lowest BCUT2D eigenvalue weighted by Crippen LogP contribution is -2.42. The van der Waals surface area contributed by atoms with Gasteiger partial charge in [-0.3, -0.25) is 5.32 Å². The number of hydrogen-bond donors (Lipinski definition) is 2. The minimum atomic E-state index is -1.17. The van der Waals surface area contributed by atoms with E-state index in [2.05, 4.69) is 15.2 Å². The molecule has 168 valence electrons. The molecule has 2 aliphatic rings. The van der Waals surface area contributed by atoms with Crippen LogP contribution in [-0.4, -0.2) is 40.2 Å². The molecule has 0 aliphatic carbocycles. The SMILES string of the molecule is O=C(O)NC1=N[C@@]2(c3cccc(-c4cccnc4F)c3)CN(c3ccc(F)cc3)C[C@H]2CS1. The van der Waals surface area contributed by atoms with Crippen molar-refractivity contribution in [1.29, 1.82) is 0 Å². The van der Waals surface area contributed by atoms with E-state index in [1.54, 1.807) is 24.3 Å². The Kier molecular flexibility index (Phi) is 5.49. The van der Waals surface area contributed by atoms with Crippen LogP contribution in [0.2, 0.25) is 0 Å². The van der Waals surface area contributed by atoms with Crippen LogP contribution in [0.25, 0.3) is 11.1 Å². The molecule has 0 spiro atoms. The molecule has 1 aromatic heterocycles. The summed E-state index contributed by atoms with van der Waals surface area (Å²) in [6.07, 6.45) is 0.232. The van der Waals surface area contributed by atoms with Crippen LogP contribution in [0.5, 0.6) is 0 Å². The number of pyridine rings is 1. The lowest BCUT2D eigenvalue weighted by molar-refractivity contribution is 0.200. The van der Waals surface area contributed by atoms with Gasteiger partial charge in [-0.2, -0.15) is 4.39 Å². The number of aliphatic imine (C=N–C) groups is 1. The highest BCUT2D eigenvalue weighted by molar-refractivity contribution is 8.13. The third kappa shape index (κ3) is 4.04. The summed E-state index contributed by atoms with van der Waals surface area (Å²) in [5.41, 5.74) is 2.05. The van der Waals surface area contributed by atoms with Gasteiger partial charge in [-0.05, 0) is 53.6 Å². The molecule has 0 unspecified atom stereocenters. The molecule has 33 heavy (non-hydrogen) atoms. The van der Waals surface area contributed by atoms with E-state index >= 15 is 0 Å². The number of nitrogens with zero attached hydrogens (tertiary/aromatic N) is 3. The Morgan fingerprint density at radius 2 is 1.97 bits per heavy atom. The number of thioether (sulfide) groups is 1. The molecule has 1 fully saturated rings. The Labute approximate surface area is 193 Å². The summed E-state index contributed by atoms with van der Waals surface area (Å²) < 4.78 is 27.9. The third-order valence-electron chi connectivity index (χ3n) is 6.11. The lowest BCUT2D eigenvalue weighted by atomic mass is 9.81. The highest BCUT2D eigenvalue weighted by Gasteiger charge is 2.50. The van der Waals surface area contributed by atoms with Gasteiger partial charge in [0.2, 0.25) is 5.95 Å². The van der Waals surface area contributed by atoms with E-state index in [-0.39, 0.29) is 11.7 Å². The zero-order chi connectivity index (χ0) is 23.0. The van der Waals surface area contributed by atoms with Crippen molar-refractivity contribution < 1.29 is 18.7 Å². The van der Waals surface area contributed by atoms with E-state index in [1.807, 2.05) is 24.3 Å². The Morgan fingerprint density at radius 1 is 1.15 bits per heavy atom. The second kappa shape index (κ2) is 8.47. The number of amidine groups is 1. The van der Waals surface area contributed by atoms with Gasteiger partial charge in [0.1, 0.15) is 11.4 Å². The molecule has 1 amide bonds. The topological polar surface area (TPSA) is 77.8 Å². The maximum atomic E-state index is 14.4. The van der Waals surface area contributed by atoms with Crippen LogP contribution in [0, 0.1) is 17.7 Å². The molecule has 3 aromatic rings. The van der Waals surface area contributed by atoms with Crippen LogP contribution in [0.15, 0.2) is 71.9 Å². The van der Waals surface area contributed by atoms with E-state index in [9.17, 15) is 18.7 Å². The first-order chi connectivity index (χ1) is 15.9. The summed E-state index contributed by atoms with van der Waals surface area (Å²) in [5.74, 6) is -0.139. The van der Waals surface area contributed by atoms with Gasteiger partial charge in [0.15, 0.2) is 5.17 Å². The van der Waals surface area contributed by atoms with E-state index in [4.69, 9.17) is 4.99 Å². The Hall–Kier alpha value is -3.46. The van der Waals surface area contributed by atoms with Crippen molar-refractivity contribution in [2.45, 2.75) is 5.54 Å². The number of carbonyl (C=O) groups is 1. The lowest BCUT2D eigenvalue weighted by Gasteiger charge is -2.35. The fourth-order valence-corrected chi connectivity index (χ4v) is 5.69. The minimum Gasteiger partial charge on any atom is -0.465 e. The number of carboxylic acid groups (broad SMARTS) is 1. The van der Waals surface area contributed by atoms with Crippen LogP contribution in [0.3, 0.4) is 0 Å². The van der Waals surface area contributed by atoms with Crippen molar-refractivity contribution in [2.75, 3.05) is 23.7 Å². The van der Waals surface area contributed by atoms with Gasteiger partial charge in [-0.15, -0.1) is 0 Å². The highest BCUT2D eigenvalue weighted by atomic mass is 32.2. The predicted octanol–water partition coefficient (Wildman–Crippen LogP) is 4.73. The van der Waals surface area contributed by atoms with Gasteiger partial charge in [-0.25, -0.2) is 19.2 Å². The van der Waals surface area contributed by atoms with Crippen molar-refractivity contribution in [1.82, 2.24) is 10.3 Å². The molecular weight excluding hydrogens is 446 g/mol. The maximum Gasteiger partial charge on any atom is 0.410 e. The van der Waals surface area contributed by atoms with Gasteiger partial charge < -0.3 is 10.0 Å². The molecule has 2 aliphatic heterocycles. The monoisotopic (exact) mass is 466 g/mol. The second-order valence-corrected chi connectivity index (χ2v) is 9.07. The summed E-state index contributed by atoms with van der Waals surface area (Å²) in [5, 5.41) is 12.0. The summed E-state index contributed by atoms with van der Waals surface area (Å²) in [6.45, 7) is 1.15. The van der Waals surface area contributed by atoms with Crippen molar-refractivity contribution >= 4 is 28.7 Å². The standard InChI is InChI=1S/C24H20F2N4O2S/c25-18-6-8-19(9-7-18)30-12-17-13-33-22(28-23(31)32)29-24(17,14-30)16-4-1-3-15(11-16)20-5-2-10-27-21(20)26/h1-11,17H,12-14H2,(H,28,29)(H,31,32)/t17-,24+/m0/s1. The van der Waals surface area contributed by atoms with E-state index in [0.29, 0.717) is 35.1 Å². The molecule has 0 bridgehead atoms. The van der Waals surface area contributed by atoms with Crippen molar-refractivity contribution in [2.24, 2.45) is 10.9 Å². The van der Waals surface area contributed by atoms with Crippen molar-refractivity contribution in [3.63, 3.8) is 0 Å². The van der Waals surface area contributed by atoms with E-state index in [0.717, 1.165) is 11.3 Å². The summed E-state index contributed by atoms with van der Waals surface area (Å²) >= 11 is 1.37. The van der Waals surface area contributed by atoms with Crippen LogP contribution in [0.4, 0.5) is 19.3 Å². The molecule has 2 atom stereocenters. The maximum absolute atomic E-state index is 14.4. The zero-order valence-electron chi connectivity index (χ0n) is 17.4.